The molecule has 1 aliphatic rings. The van der Waals surface area contributed by atoms with Crippen molar-refractivity contribution < 1.29 is 19.4 Å². The lowest BCUT2D eigenvalue weighted by Gasteiger charge is -2.23. The van der Waals surface area contributed by atoms with Crippen molar-refractivity contribution in [2.45, 2.75) is 12.5 Å². The Morgan fingerprint density at radius 1 is 1.55 bits per heavy atom. The van der Waals surface area contributed by atoms with E-state index >= 15 is 0 Å². The number of aromatic carboxylic acids is 1. The van der Waals surface area contributed by atoms with Gasteiger partial charge < -0.3 is 20.5 Å². The largest absolute Gasteiger partial charge is 0.477 e. The molecule has 8 heteroatoms. The molecular formula is C14H15N3O4S. The molecule has 1 aliphatic heterocycles. The van der Waals surface area contributed by atoms with Crippen LogP contribution in [0.5, 0.6) is 0 Å². The van der Waals surface area contributed by atoms with Crippen LogP contribution in [0.1, 0.15) is 16.1 Å². The number of ether oxygens (including phenoxy) is 1. The molecule has 22 heavy (non-hydrogen) atoms. The molecule has 0 aliphatic carbocycles. The predicted molar refractivity (Wildman–Crippen MR) is 82.4 cm³/mol. The fourth-order valence-electron chi connectivity index (χ4n) is 2.37. The summed E-state index contributed by atoms with van der Waals surface area (Å²) in [6.45, 7) is 1.83. The minimum atomic E-state index is -1.07. The number of carboxylic acid groups (broad SMARTS) is 1. The molecule has 0 bridgehead atoms. The number of hydrogen-bond acceptors (Lipinski definition) is 6. The minimum Gasteiger partial charge on any atom is -0.477 e. The van der Waals surface area contributed by atoms with Crippen molar-refractivity contribution >= 4 is 39.1 Å². The van der Waals surface area contributed by atoms with E-state index in [0.717, 1.165) is 11.3 Å². The first-order valence-electron chi connectivity index (χ1n) is 6.87. The Labute approximate surface area is 130 Å². The molecule has 2 aromatic heterocycles. The highest BCUT2D eigenvalue weighted by Crippen LogP contribution is 2.34. The number of thiophene rings is 1. The Hall–Kier alpha value is -2.03. The van der Waals surface area contributed by atoms with Crippen molar-refractivity contribution in [1.29, 1.82) is 0 Å². The van der Waals surface area contributed by atoms with E-state index < -0.39 is 5.97 Å². The quantitative estimate of drug-likeness (QED) is 0.785. The fraction of sp³-hybridized carbons (Fsp3) is 0.357. The van der Waals surface area contributed by atoms with Gasteiger partial charge in [-0.05, 0) is 12.1 Å². The lowest BCUT2D eigenvalue weighted by molar-refractivity contribution is -0.117. The molecule has 0 spiro atoms. The summed E-state index contributed by atoms with van der Waals surface area (Å²) < 4.78 is 5.31. The van der Waals surface area contributed by atoms with Gasteiger partial charge in [-0.3, -0.25) is 4.79 Å². The summed E-state index contributed by atoms with van der Waals surface area (Å²) >= 11 is 1.05. The lowest BCUT2D eigenvalue weighted by atomic mass is 10.2. The van der Waals surface area contributed by atoms with Crippen LogP contribution in [0.2, 0.25) is 0 Å². The zero-order chi connectivity index (χ0) is 15.5. The summed E-state index contributed by atoms with van der Waals surface area (Å²) in [5.41, 5.74) is 0.322. The second-order valence-corrected chi connectivity index (χ2v) is 5.94. The van der Waals surface area contributed by atoms with Gasteiger partial charge in [0.05, 0.1) is 18.9 Å². The van der Waals surface area contributed by atoms with Gasteiger partial charge >= 0.3 is 5.97 Å². The normalized spacial score (nSPS) is 18.3. The van der Waals surface area contributed by atoms with Gasteiger partial charge in [0.15, 0.2) is 0 Å². The van der Waals surface area contributed by atoms with E-state index in [2.05, 4.69) is 15.6 Å². The summed E-state index contributed by atoms with van der Waals surface area (Å²) in [5, 5.41) is 15.9. The molecule has 1 fully saturated rings. The van der Waals surface area contributed by atoms with Gasteiger partial charge in [-0.1, -0.05) is 0 Å². The van der Waals surface area contributed by atoms with Gasteiger partial charge in [0.25, 0.3) is 0 Å². The Morgan fingerprint density at radius 2 is 2.41 bits per heavy atom. The van der Waals surface area contributed by atoms with E-state index in [0.29, 0.717) is 35.7 Å². The number of carboxylic acids is 1. The number of fused-ring (bicyclic) bond motifs is 1. The monoisotopic (exact) mass is 321 g/mol. The van der Waals surface area contributed by atoms with Crippen LogP contribution in [0.25, 0.3) is 10.2 Å². The number of amides is 1. The number of pyridine rings is 1. The molecule has 0 saturated carbocycles. The van der Waals surface area contributed by atoms with Crippen molar-refractivity contribution in [2.75, 3.05) is 25.1 Å². The van der Waals surface area contributed by atoms with E-state index in [9.17, 15) is 14.7 Å². The van der Waals surface area contributed by atoms with Crippen LogP contribution < -0.4 is 10.6 Å². The first kappa shape index (κ1) is 14.9. The fourth-order valence-corrected chi connectivity index (χ4v) is 3.31. The second-order valence-electron chi connectivity index (χ2n) is 4.95. The molecule has 0 unspecified atom stereocenters. The van der Waals surface area contributed by atoms with E-state index in [1.807, 2.05) is 0 Å². The molecular weight excluding hydrogens is 306 g/mol. The second kappa shape index (κ2) is 6.39. The number of anilines is 1. The molecule has 0 aromatic carbocycles. The number of carbonyl (C=O) groups excluding carboxylic acids is 1. The van der Waals surface area contributed by atoms with Crippen molar-refractivity contribution in [3.8, 4) is 0 Å². The van der Waals surface area contributed by atoms with Crippen LogP contribution >= 0.6 is 11.3 Å². The summed E-state index contributed by atoms with van der Waals surface area (Å²) in [6, 6.07) is 3.42. The number of aromatic nitrogens is 1. The first-order chi connectivity index (χ1) is 10.6. The smallest absolute Gasteiger partial charge is 0.348 e. The number of hydrogen-bond donors (Lipinski definition) is 3. The maximum Gasteiger partial charge on any atom is 0.348 e. The number of morpholine rings is 1. The predicted octanol–water partition coefficient (Wildman–Crippen LogP) is 1.31. The van der Waals surface area contributed by atoms with Crippen LogP contribution in [0.15, 0.2) is 18.3 Å². The zero-order valence-electron chi connectivity index (χ0n) is 11.7. The minimum absolute atomic E-state index is 0.0509. The van der Waals surface area contributed by atoms with Crippen LogP contribution in [0.4, 0.5) is 5.69 Å². The molecule has 3 N–H and O–H groups in total. The summed E-state index contributed by atoms with van der Waals surface area (Å²) in [4.78, 5) is 28.4. The highest BCUT2D eigenvalue weighted by molar-refractivity contribution is 7.21. The van der Waals surface area contributed by atoms with Gasteiger partial charge in [0.2, 0.25) is 5.91 Å². The van der Waals surface area contributed by atoms with Gasteiger partial charge in [0.1, 0.15) is 9.71 Å². The molecule has 7 nitrogen and oxygen atoms in total. The van der Waals surface area contributed by atoms with Gasteiger partial charge in [0, 0.05) is 30.6 Å². The summed E-state index contributed by atoms with van der Waals surface area (Å²) in [5.74, 6) is -1.31. The Kier molecular flexibility index (Phi) is 4.32. The highest BCUT2D eigenvalue weighted by Gasteiger charge is 2.22. The van der Waals surface area contributed by atoms with E-state index in [1.54, 1.807) is 18.3 Å². The lowest BCUT2D eigenvalue weighted by Crippen LogP contribution is -2.43. The Morgan fingerprint density at radius 3 is 3.14 bits per heavy atom. The average Bonchev–Trinajstić information content (AvgIpc) is 2.87. The van der Waals surface area contributed by atoms with Crippen LogP contribution in [0.3, 0.4) is 0 Å². The number of carbonyl (C=O) groups is 2. The van der Waals surface area contributed by atoms with Crippen LogP contribution in [-0.4, -0.2) is 47.8 Å². The number of nitrogens with one attached hydrogen (secondary N) is 2. The highest BCUT2D eigenvalue weighted by atomic mass is 32.1. The van der Waals surface area contributed by atoms with Gasteiger partial charge in [-0.25, -0.2) is 9.78 Å². The van der Waals surface area contributed by atoms with Gasteiger partial charge in [-0.15, -0.1) is 11.3 Å². The van der Waals surface area contributed by atoms with E-state index in [4.69, 9.17) is 4.74 Å². The maximum atomic E-state index is 12.2. The summed E-state index contributed by atoms with van der Waals surface area (Å²) in [6.07, 6.45) is 1.83. The molecule has 116 valence electrons. The Bertz CT molecular complexity index is 709. The third-order valence-corrected chi connectivity index (χ3v) is 4.46. The van der Waals surface area contributed by atoms with Crippen LogP contribution in [0, 0.1) is 0 Å². The van der Waals surface area contributed by atoms with Crippen molar-refractivity contribution in [1.82, 2.24) is 10.3 Å². The van der Waals surface area contributed by atoms with Crippen molar-refractivity contribution in [2.24, 2.45) is 0 Å². The number of nitrogens with zero attached hydrogens (tertiary/aromatic N) is 1. The third-order valence-electron chi connectivity index (χ3n) is 3.36. The molecule has 3 heterocycles. The van der Waals surface area contributed by atoms with Crippen molar-refractivity contribution in [3.63, 3.8) is 0 Å². The SMILES string of the molecule is O=C(C[C@H]1COCCN1)Nc1c(C(=O)O)sc2ncccc12. The summed E-state index contributed by atoms with van der Waals surface area (Å²) in [7, 11) is 0. The molecule has 2 aromatic rings. The zero-order valence-corrected chi connectivity index (χ0v) is 12.5. The van der Waals surface area contributed by atoms with E-state index in [-0.39, 0.29) is 23.2 Å². The topological polar surface area (TPSA) is 101 Å². The number of rotatable bonds is 4. The van der Waals surface area contributed by atoms with E-state index in [1.165, 1.54) is 0 Å². The average molecular weight is 321 g/mol. The van der Waals surface area contributed by atoms with Crippen molar-refractivity contribution in [3.05, 3.63) is 23.2 Å². The molecule has 3 rings (SSSR count). The Balaban J connectivity index is 1.81. The van der Waals surface area contributed by atoms with Crippen LogP contribution in [-0.2, 0) is 9.53 Å². The third kappa shape index (κ3) is 3.08. The molecule has 1 atom stereocenters. The molecule has 0 radical (unpaired) electrons. The molecule has 1 saturated heterocycles. The maximum absolute atomic E-state index is 12.2. The molecule has 1 amide bonds. The standard InChI is InChI=1S/C14H15N3O4S/c18-10(6-8-7-21-5-4-15-8)17-11-9-2-1-3-16-13(9)22-12(11)14(19)20/h1-3,8,15H,4-7H2,(H,17,18)(H,19,20)/t8-/m0/s1. The first-order valence-corrected chi connectivity index (χ1v) is 7.68. The van der Waals surface area contributed by atoms with Gasteiger partial charge in [-0.2, -0.15) is 0 Å².